The molecule has 3 heterocycles. The van der Waals surface area contributed by atoms with Crippen LogP contribution in [0, 0.1) is 12.7 Å². The van der Waals surface area contributed by atoms with Crippen LogP contribution in [0.1, 0.15) is 21.6 Å². The van der Waals surface area contributed by atoms with E-state index in [9.17, 15) is 14.0 Å². The number of rotatable bonds is 5. The van der Waals surface area contributed by atoms with E-state index in [0.717, 1.165) is 27.6 Å². The molecule has 0 fully saturated rings. The van der Waals surface area contributed by atoms with E-state index < -0.39 is 11.3 Å². The first-order valence-corrected chi connectivity index (χ1v) is 13.0. The van der Waals surface area contributed by atoms with Crippen molar-refractivity contribution in [2.24, 2.45) is 0 Å². The summed E-state index contributed by atoms with van der Waals surface area (Å²) in [6, 6.07) is 24.8. The summed E-state index contributed by atoms with van der Waals surface area (Å²) < 4.78 is 13.7. The van der Waals surface area contributed by atoms with Crippen LogP contribution in [0.15, 0.2) is 95.9 Å². The molecule has 0 aliphatic rings. The number of carbonyl (C=O) groups is 1. The van der Waals surface area contributed by atoms with E-state index in [4.69, 9.17) is 16.6 Å². The molecule has 0 aliphatic carbocycles. The maximum absolute atomic E-state index is 13.7. The minimum Gasteiger partial charge on any atom is -0.348 e. The van der Waals surface area contributed by atoms with Crippen molar-refractivity contribution in [2.75, 3.05) is 0 Å². The first-order valence-electron chi connectivity index (χ1n) is 12.6. The van der Waals surface area contributed by atoms with Crippen molar-refractivity contribution in [3.05, 3.63) is 129 Å². The van der Waals surface area contributed by atoms with Crippen LogP contribution in [-0.4, -0.2) is 20.9 Å². The summed E-state index contributed by atoms with van der Waals surface area (Å²) in [6.45, 7) is 2.15. The largest absolute Gasteiger partial charge is 0.348 e. The van der Waals surface area contributed by atoms with Crippen molar-refractivity contribution in [3.8, 4) is 22.4 Å². The highest BCUT2D eigenvalue weighted by Gasteiger charge is 2.18. The first kappa shape index (κ1) is 25.4. The number of aromatic amines is 1. The fourth-order valence-electron chi connectivity index (χ4n) is 4.75. The zero-order chi connectivity index (χ0) is 27.8. The van der Waals surface area contributed by atoms with Crippen LogP contribution in [0.2, 0.25) is 5.15 Å². The number of fused-ring (bicyclic) bond motifs is 2. The fourth-order valence-corrected chi connectivity index (χ4v) is 5.05. The lowest BCUT2D eigenvalue weighted by atomic mass is 9.96. The highest BCUT2D eigenvalue weighted by molar-refractivity contribution is 6.34. The molecule has 0 radical (unpaired) electrons. The number of nitrogens with one attached hydrogen (secondary N) is 2. The summed E-state index contributed by atoms with van der Waals surface area (Å²) in [6.07, 6.45) is 1.37. The van der Waals surface area contributed by atoms with Gasteiger partial charge in [0.15, 0.2) is 0 Å². The van der Waals surface area contributed by atoms with E-state index in [2.05, 4.69) is 15.3 Å². The van der Waals surface area contributed by atoms with Gasteiger partial charge in [-0.25, -0.2) is 14.4 Å². The fraction of sp³-hybridized carbons (Fsp3) is 0.0625. The van der Waals surface area contributed by atoms with Gasteiger partial charge in [0.05, 0.1) is 11.1 Å². The van der Waals surface area contributed by atoms with E-state index in [1.165, 1.54) is 18.3 Å². The molecule has 6 nitrogen and oxygen atoms in total. The third-order valence-electron chi connectivity index (χ3n) is 6.75. The Labute approximate surface area is 233 Å². The molecule has 0 bridgehead atoms. The summed E-state index contributed by atoms with van der Waals surface area (Å²) in [5, 5.41) is 5.14. The van der Waals surface area contributed by atoms with Crippen molar-refractivity contribution in [2.45, 2.75) is 13.5 Å². The van der Waals surface area contributed by atoms with Gasteiger partial charge in [0.25, 0.3) is 5.91 Å². The van der Waals surface area contributed by atoms with Crippen LogP contribution in [-0.2, 0) is 6.54 Å². The Morgan fingerprint density at radius 1 is 0.925 bits per heavy atom. The second kappa shape index (κ2) is 10.4. The van der Waals surface area contributed by atoms with Crippen LogP contribution in [0.3, 0.4) is 0 Å². The topological polar surface area (TPSA) is 87.7 Å². The molecule has 40 heavy (non-hydrogen) atoms. The van der Waals surface area contributed by atoms with E-state index in [0.29, 0.717) is 27.6 Å². The minimum absolute atomic E-state index is 0.0160. The van der Waals surface area contributed by atoms with Gasteiger partial charge in [-0.15, -0.1) is 0 Å². The van der Waals surface area contributed by atoms with Gasteiger partial charge in [0.1, 0.15) is 22.2 Å². The quantitative estimate of drug-likeness (QED) is 0.231. The van der Waals surface area contributed by atoms with E-state index in [1.807, 2.05) is 61.5 Å². The summed E-state index contributed by atoms with van der Waals surface area (Å²) in [5.41, 5.74) is 4.21. The van der Waals surface area contributed by atoms with Crippen molar-refractivity contribution in [3.63, 3.8) is 0 Å². The lowest BCUT2D eigenvalue weighted by Gasteiger charge is -2.13. The highest BCUT2D eigenvalue weighted by Crippen LogP contribution is 2.35. The van der Waals surface area contributed by atoms with Crippen molar-refractivity contribution < 1.29 is 9.18 Å². The average molecular weight is 549 g/mol. The molecule has 3 aromatic heterocycles. The molecule has 196 valence electrons. The molecule has 0 saturated heterocycles. The number of benzene rings is 3. The number of halogens is 2. The highest BCUT2D eigenvalue weighted by atomic mass is 35.5. The summed E-state index contributed by atoms with van der Waals surface area (Å²) in [7, 11) is 0. The molecule has 2 N–H and O–H groups in total. The summed E-state index contributed by atoms with van der Waals surface area (Å²) >= 11 is 6.37. The SMILES string of the molecule is Cc1cc2cc(-c3cc4c(=O)c(C(=O)NCc5ccccc5)c[nH]c4nc3-c3ccc(F)cc3)ccc2c(Cl)n1. The van der Waals surface area contributed by atoms with Gasteiger partial charge in [0, 0.05) is 34.9 Å². The number of hydrogen-bond donors (Lipinski definition) is 2. The molecular formula is C32H22ClFN4O2. The van der Waals surface area contributed by atoms with E-state index in [-0.39, 0.29) is 23.3 Å². The Balaban J connectivity index is 1.50. The first-order chi connectivity index (χ1) is 19.4. The third-order valence-corrected chi connectivity index (χ3v) is 7.04. The molecule has 0 unspecified atom stereocenters. The number of aryl methyl sites for hydroxylation is 1. The summed E-state index contributed by atoms with van der Waals surface area (Å²) in [5.74, 6) is -0.853. The molecule has 0 aliphatic heterocycles. The second-order valence-corrected chi connectivity index (χ2v) is 9.84. The zero-order valence-corrected chi connectivity index (χ0v) is 22.1. The molecule has 6 rings (SSSR count). The van der Waals surface area contributed by atoms with Gasteiger partial charge in [-0.1, -0.05) is 54.1 Å². The Kier molecular flexibility index (Phi) is 6.58. The summed E-state index contributed by atoms with van der Waals surface area (Å²) in [4.78, 5) is 38.6. The Morgan fingerprint density at radius 2 is 1.68 bits per heavy atom. The van der Waals surface area contributed by atoms with Crippen molar-refractivity contribution in [1.29, 1.82) is 0 Å². The van der Waals surface area contributed by atoms with Crippen molar-refractivity contribution >= 4 is 39.3 Å². The van der Waals surface area contributed by atoms with E-state index in [1.54, 1.807) is 18.2 Å². The van der Waals surface area contributed by atoms with Gasteiger partial charge >= 0.3 is 0 Å². The Bertz CT molecular complexity index is 1970. The minimum atomic E-state index is -0.487. The van der Waals surface area contributed by atoms with Gasteiger partial charge in [-0.3, -0.25) is 9.59 Å². The van der Waals surface area contributed by atoms with Crippen LogP contribution < -0.4 is 10.7 Å². The predicted octanol–water partition coefficient (Wildman–Crippen LogP) is 6.84. The molecule has 6 aromatic rings. The molecule has 3 aromatic carbocycles. The van der Waals surface area contributed by atoms with Crippen LogP contribution in [0.4, 0.5) is 4.39 Å². The normalized spacial score (nSPS) is 11.2. The number of nitrogens with zero attached hydrogens (tertiary/aromatic N) is 2. The third kappa shape index (κ3) is 4.83. The van der Waals surface area contributed by atoms with Crippen molar-refractivity contribution in [1.82, 2.24) is 20.3 Å². The maximum atomic E-state index is 13.7. The number of pyridine rings is 3. The molecule has 0 atom stereocenters. The number of hydrogen-bond acceptors (Lipinski definition) is 4. The number of H-pyrrole nitrogens is 1. The molecular weight excluding hydrogens is 527 g/mol. The monoisotopic (exact) mass is 548 g/mol. The van der Waals surface area contributed by atoms with Gasteiger partial charge < -0.3 is 10.3 Å². The predicted molar refractivity (Wildman–Crippen MR) is 156 cm³/mol. The molecule has 1 amide bonds. The molecule has 8 heteroatoms. The molecule has 0 saturated carbocycles. The lowest BCUT2D eigenvalue weighted by molar-refractivity contribution is 0.0949. The number of amides is 1. The van der Waals surface area contributed by atoms with Gasteiger partial charge in [0.2, 0.25) is 5.43 Å². The van der Waals surface area contributed by atoms with Crippen LogP contribution in [0.25, 0.3) is 44.2 Å². The second-order valence-electron chi connectivity index (χ2n) is 9.48. The molecule has 0 spiro atoms. The van der Waals surface area contributed by atoms with E-state index >= 15 is 0 Å². The Hall–Kier alpha value is -4.88. The van der Waals surface area contributed by atoms with Crippen LogP contribution in [0.5, 0.6) is 0 Å². The number of aromatic nitrogens is 3. The van der Waals surface area contributed by atoms with Gasteiger partial charge in [-0.05, 0) is 65.9 Å². The van der Waals surface area contributed by atoms with Crippen LogP contribution >= 0.6 is 11.6 Å². The van der Waals surface area contributed by atoms with Gasteiger partial charge in [-0.2, -0.15) is 0 Å². The standard InChI is InChI=1S/C32H22ClFN4O2/c1-18-13-22-14-21(9-12-24(22)30(33)37-18)25-15-26-29(39)27(32(40)36-16-19-5-3-2-4-6-19)17-35-31(26)38-28(25)20-7-10-23(34)11-8-20/h2-15,17H,16H2,1H3,(H,36,40)(H,35,38,39). The maximum Gasteiger partial charge on any atom is 0.257 e. The Morgan fingerprint density at radius 3 is 2.45 bits per heavy atom. The zero-order valence-electron chi connectivity index (χ0n) is 21.3. The lowest BCUT2D eigenvalue weighted by Crippen LogP contribution is -2.28. The average Bonchev–Trinajstić information content (AvgIpc) is 2.96. The number of carbonyl (C=O) groups excluding carboxylic acids is 1. The smallest absolute Gasteiger partial charge is 0.257 e.